The first-order valence-electron chi connectivity index (χ1n) is 5.49. The third-order valence-corrected chi connectivity index (χ3v) is 3.48. The van der Waals surface area contributed by atoms with Gasteiger partial charge in [-0.2, -0.15) is 0 Å². The van der Waals surface area contributed by atoms with Gasteiger partial charge < -0.3 is 14.5 Å². The fourth-order valence-electron chi connectivity index (χ4n) is 1.56. The molecule has 0 bridgehead atoms. The van der Waals surface area contributed by atoms with Gasteiger partial charge >= 0.3 is 7.60 Å². The molecule has 6 heteroatoms. The molecule has 0 fully saturated rings. The SMILES string of the molecule is O=P(O)(O)c1ccccc1OCc1ccc(F)cc1. The van der Waals surface area contributed by atoms with Gasteiger partial charge in [-0.1, -0.05) is 24.3 Å². The highest BCUT2D eigenvalue weighted by molar-refractivity contribution is 7.60. The molecule has 0 saturated heterocycles. The maximum absolute atomic E-state index is 12.7. The van der Waals surface area contributed by atoms with Crippen LogP contribution in [0.25, 0.3) is 0 Å². The Morgan fingerprint density at radius 3 is 2.32 bits per heavy atom. The minimum Gasteiger partial charge on any atom is -0.488 e. The summed E-state index contributed by atoms with van der Waals surface area (Å²) in [7, 11) is -4.37. The van der Waals surface area contributed by atoms with Crippen LogP contribution in [0.4, 0.5) is 4.39 Å². The summed E-state index contributed by atoms with van der Waals surface area (Å²) in [5, 5.41) is -0.155. The second-order valence-electron chi connectivity index (χ2n) is 3.93. The molecule has 100 valence electrons. The van der Waals surface area contributed by atoms with Gasteiger partial charge in [0.15, 0.2) is 0 Å². The molecule has 0 heterocycles. The molecule has 0 aliphatic carbocycles. The van der Waals surface area contributed by atoms with Crippen LogP contribution in [0.5, 0.6) is 5.75 Å². The summed E-state index contributed by atoms with van der Waals surface area (Å²) < 4.78 is 29.4. The van der Waals surface area contributed by atoms with E-state index in [-0.39, 0.29) is 23.5 Å². The Bertz CT molecular complexity index is 606. The molecule has 2 aromatic rings. The van der Waals surface area contributed by atoms with Crippen molar-refractivity contribution in [2.75, 3.05) is 0 Å². The van der Waals surface area contributed by atoms with Gasteiger partial charge in [0.05, 0.1) is 0 Å². The predicted octanol–water partition coefficient (Wildman–Crippen LogP) is 2.21. The first kappa shape index (κ1) is 13.7. The van der Waals surface area contributed by atoms with E-state index in [9.17, 15) is 18.7 Å². The Labute approximate surface area is 109 Å². The van der Waals surface area contributed by atoms with Crippen LogP contribution >= 0.6 is 7.60 Å². The molecular formula is C13H12FO4P. The summed E-state index contributed by atoms with van der Waals surface area (Å²) in [4.78, 5) is 18.4. The molecule has 19 heavy (non-hydrogen) atoms. The van der Waals surface area contributed by atoms with Gasteiger partial charge in [-0.05, 0) is 29.8 Å². The largest absolute Gasteiger partial charge is 0.488 e. The number of para-hydroxylation sites is 1. The third kappa shape index (κ3) is 3.64. The Hall–Kier alpha value is -1.68. The average Bonchev–Trinajstić information content (AvgIpc) is 2.37. The van der Waals surface area contributed by atoms with Crippen molar-refractivity contribution < 1.29 is 23.5 Å². The second kappa shape index (κ2) is 5.53. The predicted molar refractivity (Wildman–Crippen MR) is 68.9 cm³/mol. The molecule has 2 N–H and O–H groups in total. The van der Waals surface area contributed by atoms with E-state index >= 15 is 0 Å². The van der Waals surface area contributed by atoms with Crippen molar-refractivity contribution in [2.45, 2.75) is 6.61 Å². The van der Waals surface area contributed by atoms with Crippen LogP contribution in [-0.2, 0) is 11.2 Å². The number of rotatable bonds is 4. The molecular weight excluding hydrogens is 270 g/mol. The highest BCUT2D eigenvalue weighted by atomic mass is 31.2. The maximum Gasteiger partial charge on any atom is 0.359 e. The molecule has 0 aliphatic heterocycles. The van der Waals surface area contributed by atoms with Crippen molar-refractivity contribution in [1.82, 2.24) is 0 Å². The lowest BCUT2D eigenvalue weighted by atomic mass is 10.2. The minimum atomic E-state index is -4.37. The number of benzene rings is 2. The summed E-state index contributed by atoms with van der Waals surface area (Å²) in [6.45, 7) is 0.108. The van der Waals surface area contributed by atoms with Crippen LogP contribution < -0.4 is 10.0 Å². The fraction of sp³-hybridized carbons (Fsp3) is 0.0769. The molecule has 2 rings (SSSR count). The molecule has 0 saturated carbocycles. The normalized spacial score (nSPS) is 11.3. The van der Waals surface area contributed by atoms with E-state index < -0.39 is 7.60 Å². The van der Waals surface area contributed by atoms with E-state index in [1.165, 1.54) is 30.3 Å². The Morgan fingerprint density at radius 1 is 1.05 bits per heavy atom. The van der Waals surface area contributed by atoms with Gasteiger partial charge in [0, 0.05) is 0 Å². The number of hydrogen-bond donors (Lipinski definition) is 2. The molecule has 4 nitrogen and oxygen atoms in total. The van der Waals surface area contributed by atoms with E-state index in [0.29, 0.717) is 5.56 Å². The number of halogens is 1. The average molecular weight is 282 g/mol. The molecule has 0 unspecified atom stereocenters. The lowest BCUT2D eigenvalue weighted by molar-refractivity contribution is 0.306. The van der Waals surface area contributed by atoms with Crippen LogP contribution in [0.2, 0.25) is 0 Å². The van der Waals surface area contributed by atoms with E-state index in [4.69, 9.17) is 4.74 Å². The standard InChI is InChI=1S/C13H12FO4P/c14-11-7-5-10(6-8-11)9-18-12-3-1-2-4-13(12)19(15,16)17/h1-8H,9H2,(H2,15,16,17). The zero-order chi connectivity index (χ0) is 13.9. The zero-order valence-electron chi connectivity index (χ0n) is 9.86. The highest BCUT2D eigenvalue weighted by Crippen LogP contribution is 2.37. The number of hydrogen-bond acceptors (Lipinski definition) is 2. The van der Waals surface area contributed by atoms with Crippen LogP contribution in [0.15, 0.2) is 48.5 Å². The minimum absolute atomic E-state index is 0.108. The van der Waals surface area contributed by atoms with Gasteiger partial charge in [-0.3, -0.25) is 4.57 Å². The first-order chi connectivity index (χ1) is 8.97. The van der Waals surface area contributed by atoms with E-state index in [0.717, 1.165) is 0 Å². The molecule has 0 aromatic heterocycles. The molecule has 0 amide bonds. The summed E-state index contributed by atoms with van der Waals surface area (Å²) in [5.41, 5.74) is 0.710. The van der Waals surface area contributed by atoms with Crippen molar-refractivity contribution in [2.24, 2.45) is 0 Å². The van der Waals surface area contributed by atoms with Crippen molar-refractivity contribution in [3.63, 3.8) is 0 Å². The lowest BCUT2D eigenvalue weighted by Crippen LogP contribution is -2.09. The monoisotopic (exact) mass is 282 g/mol. The summed E-state index contributed by atoms with van der Waals surface area (Å²) in [6, 6.07) is 11.7. The Balaban J connectivity index is 2.16. The van der Waals surface area contributed by atoms with Gasteiger partial charge in [0.2, 0.25) is 0 Å². The third-order valence-electron chi connectivity index (χ3n) is 2.49. The van der Waals surface area contributed by atoms with E-state index in [2.05, 4.69) is 0 Å². The topological polar surface area (TPSA) is 66.8 Å². The van der Waals surface area contributed by atoms with Crippen LogP contribution in [0.1, 0.15) is 5.56 Å². The quantitative estimate of drug-likeness (QED) is 0.844. The molecule has 0 spiro atoms. The summed E-state index contributed by atoms with van der Waals surface area (Å²) in [5.74, 6) is -0.223. The summed E-state index contributed by atoms with van der Waals surface area (Å²) >= 11 is 0. The zero-order valence-corrected chi connectivity index (χ0v) is 10.8. The lowest BCUT2D eigenvalue weighted by Gasteiger charge is -2.12. The Kier molecular flexibility index (Phi) is 4.00. The van der Waals surface area contributed by atoms with Crippen molar-refractivity contribution in [3.8, 4) is 5.75 Å². The molecule has 0 aliphatic rings. The van der Waals surface area contributed by atoms with Crippen LogP contribution in [0, 0.1) is 5.82 Å². The van der Waals surface area contributed by atoms with E-state index in [1.807, 2.05) is 0 Å². The smallest absolute Gasteiger partial charge is 0.359 e. The van der Waals surface area contributed by atoms with Gasteiger partial charge in [-0.15, -0.1) is 0 Å². The van der Waals surface area contributed by atoms with Gasteiger partial charge in [0.25, 0.3) is 0 Å². The van der Waals surface area contributed by atoms with E-state index in [1.54, 1.807) is 18.2 Å². The van der Waals surface area contributed by atoms with Crippen molar-refractivity contribution >= 4 is 12.9 Å². The molecule has 0 radical (unpaired) electrons. The maximum atomic E-state index is 12.7. The van der Waals surface area contributed by atoms with Crippen molar-refractivity contribution in [3.05, 3.63) is 59.9 Å². The highest BCUT2D eigenvalue weighted by Gasteiger charge is 2.21. The van der Waals surface area contributed by atoms with Gasteiger partial charge in [0.1, 0.15) is 23.5 Å². The second-order valence-corrected chi connectivity index (χ2v) is 5.50. The Morgan fingerprint density at radius 2 is 1.68 bits per heavy atom. The van der Waals surface area contributed by atoms with Crippen molar-refractivity contribution in [1.29, 1.82) is 0 Å². The fourth-order valence-corrected chi connectivity index (χ4v) is 2.27. The first-order valence-corrected chi connectivity index (χ1v) is 7.10. The number of ether oxygens (including phenoxy) is 1. The molecule has 0 atom stereocenters. The van der Waals surface area contributed by atoms with Crippen LogP contribution in [-0.4, -0.2) is 9.79 Å². The summed E-state index contributed by atoms with van der Waals surface area (Å²) in [6.07, 6.45) is 0. The van der Waals surface area contributed by atoms with Crippen LogP contribution in [0.3, 0.4) is 0 Å². The molecule has 2 aromatic carbocycles. The van der Waals surface area contributed by atoms with Gasteiger partial charge in [-0.25, -0.2) is 4.39 Å².